The lowest BCUT2D eigenvalue weighted by Gasteiger charge is -2.04. The van der Waals surface area contributed by atoms with E-state index in [1.807, 2.05) is 0 Å². The number of esters is 1. The van der Waals surface area contributed by atoms with Crippen LogP contribution in [0.4, 0.5) is 5.82 Å². The Labute approximate surface area is 94.2 Å². The first kappa shape index (κ1) is 12.0. The molecule has 0 bridgehead atoms. The van der Waals surface area contributed by atoms with Gasteiger partial charge in [0.05, 0.1) is 19.5 Å². The summed E-state index contributed by atoms with van der Waals surface area (Å²) in [7, 11) is 1.37. The molecule has 0 aromatic carbocycles. The monoisotopic (exact) mass is 219 g/mol. The molecular weight excluding hydrogens is 206 g/mol. The molecule has 1 heterocycles. The Kier molecular flexibility index (Phi) is 4.80. The van der Waals surface area contributed by atoms with Crippen LogP contribution >= 0.6 is 0 Å². The smallest absolute Gasteiger partial charge is 0.305 e. The number of carbonyl (C=O) groups is 1. The minimum atomic E-state index is -0.212. The van der Waals surface area contributed by atoms with E-state index in [0.29, 0.717) is 30.9 Å². The molecule has 0 radical (unpaired) electrons. The standard InChI is InChI=1S/C11H13N3O2/c1-3-9-7-14-10(8-13-9)12-6-4-5-11(15)16-2/h1,7-8H,4-6H2,2H3,(H,12,14). The molecule has 0 aliphatic carbocycles. The minimum Gasteiger partial charge on any atom is -0.469 e. The first-order valence-corrected chi connectivity index (χ1v) is 4.85. The van der Waals surface area contributed by atoms with Gasteiger partial charge >= 0.3 is 5.97 Å². The molecule has 0 saturated heterocycles. The van der Waals surface area contributed by atoms with Gasteiger partial charge in [0, 0.05) is 13.0 Å². The van der Waals surface area contributed by atoms with Crippen LogP contribution in [0.5, 0.6) is 0 Å². The van der Waals surface area contributed by atoms with Crippen LogP contribution in [-0.4, -0.2) is 29.6 Å². The number of terminal acetylenes is 1. The van der Waals surface area contributed by atoms with Crippen molar-refractivity contribution in [3.05, 3.63) is 18.1 Å². The van der Waals surface area contributed by atoms with Crippen molar-refractivity contribution < 1.29 is 9.53 Å². The van der Waals surface area contributed by atoms with Gasteiger partial charge < -0.3 is 10.1 Å². The highest BCUT2D eigenvalue weighted by Gasteiger charge is 1.99. The van der Waals surface area contributed by atoms with E-state index in [0.717, 1.165) is 0 Å². The van der Waals surface area contributed by atoms with Crippen LogP contribution < -0.4 is 5.32 Å². The van der Waals surface area contributed by atoms with Crippen molar-refractivity contribution in [2.75, 3.05) is 19.0 Å². The lowest BCUT2D eigenvalue weighted by atomic mass is 10.3. The Morgan fingerprint density at radius 3 is 2.94 bits per heavy atom. The SMILES string of the molecule is C#Cc1cnc(NCCCC(=O)OC)cn1. The zero-order valence-electron chi connectivity index (χ0n) is 9.06. The van der Waals surface area contributed by atoms with Gasteiger partial charge in [0.1, 0.15) is 11.5 Å². The first-order valence-electron chi connectivity index (χ1n) is 4.85. The van der Waals surface area contributed by atoms with Crippen molar-refractivity contribution in [1.82, 2.24) is 9.97 Å². The molecule has 1 rings (SSSR count). The third kappa shape index (κ3) is 3.96. The predicted octanol–water partition coefficient (Wildman–Crippen LogP) is 0.823. The number of hydrogen-bond acceptors (Lipinski definition) is 5. The highest BCUT2D eigenvalue weighted by molar-refractivity contribution is 5.69. The van der Waals surface area contributed by atoms with Crippen molar-refractivity contribution in [2.24, 2.45) is 0 Å². The molecule has 84 valence electrons. The topological polar surface area (TPSA) is 64.1 Å². The summed E-state index contributed by atoms with van der Waals surface area (Å²) in [6.07, 6.45) is 9.30. The second kappa shape index (κ2) is 6.40. The van der Waals surface area contributed by atoms with Crippen molar-refractivity contribution in [3.8, 4) is 12.3 Å². The van der Waals surface area contributed by atoms with Gasteiger partial charge in [-0.15, -0.1) is 6.42 Å². The zero-order chi connectivity index (χ0) is 11.8. The van der Waals surface area contributed by atoms with Crippen molar-refractivity contribution in [2.45, 2.75) is 12.8 Å². The molecule has 0 aliphatic rings. The van der Waals surface area contributed by atoms with Gasteiger partial charge in [-0.1, -0.05) is 0 Å². The van der Waals surface area contributed by atoms with Crippen LogP contribution in [0.1, 0.15) is 18.5 Å². The summed E-state index contributed by atoms with van der Waals surface area (Å²) in [4.78, 5) is 18.8. The number of ether oxygens (including phenoxy) is 1. The number of rotatable bonds is 5. The normalized spacial score (nSPS) is 9.25. The molecule has 1 aromatic rings. The second-order valence-electron chi connectivity index (χ2n) is 3.04. The van der Waals surface area contributed by atoms with Gasteiger partial charge in [-0.3, -0.25) is 4.79 Å². The van der Waals surface area contributed by atoms with E-state index in [1.54, 1.807) is 6.20 Å². The highest BCUT2D eigenvalue weighted by Crippen LogP contribution is 2.01. The second-order valence-corrected chi connectivity index (χ2v) is 3.04. The average Bonchev–Trinajstić information content (AvgIpc) is 2.35. The molecule has 1 N–H and O–H groups in total. The molecule has 5 heteroatoms. The van der Waals surface area contributed by atoms with Gasteiger partial charge in [0.25, 0.3) is 0 Å². The van der Waals surface area contributed by atoms with Crippen LogP contribution in [0.25, 0.3) is 0 Å². The third-order valence-electron chi connectivity index (χ3n) is 1.89. The average molecular weight is 219 g/mol. The summed E-state index contributed by atoms with van der Waals surface area (Å²) >= 11 is 0. The number of nitrogens with one attached hydrogen (secondary N) is 1. The Balaban J connectivity index is 2.27. The van der Waals surface area contributed by atoms with Gasteiger partial charge in [-0.2, -0.15) is 0 Å². The molecular formula is C11H13N3O2. The maximum absolute atomic E-state index is 10.8. The fourth-order valence-corrected chi connectivity index (χ4v) is 1.05. The van der Waals surface area contributed by atoms with Gasteiger partial charge in [0.15, 0.2) is 0 Å². The van der Waals surface area contributed by atoms with Crippen LogP contribution in [0, 0.1) is 12.3 Å². The van der Waals surface area contributed by atoms with Gasteiger partial charge in [-0.25, -0.2) is 9.97 Å². The molecule has 0 saturated carbocycles. The molecule has 5 nitrogen and oxygen atoms in total. The number of anilines is 1. The van der Waals surface area contributed by atoms with E-state index in [1.165, 1.54) is 13.3 Å². The summed E-state index contributed by atoms with van der Waals surface area (Å²) in [5, 5.41) is 3.03. The van der Waals surface area contributed by atoms with Crippen LogP contribution in [0.2, 0.25) is 0 Å². The van der Waals surface area contributed by atoms with Gasteiger partial charge in [-0.05, 0) is 12.3 Å². The largest absolute Gasteiger partial charge is 0.469 e. The number of methoxy groups -OCH3 is 1. The van der Waals surface area contributed by atoms with Crippen LogP contribution in [-0.2, 0) is 9.53 Å². The Morgan fingerprint density at radius 2 is 2.38 bits per heavy atom. The molecule has 0 spiro atoms. The number of aromatic nitrogens is 2. The molecule has 16 heavy (non-hydrogen) atoms. The minimum absolute atomic E-state index is 0.212. The molecule has 1 aromatic heterocycles. The maximum atomic E-state index is 10.8. The first-order chi connectivity index (χ1) is 7.76. The summed E-state index contributed by atoms with van der Waals surface area (Å²) in [5.74, 6) is 2.81. The van der Waals surface area contributed by atoms with E-state index in [9.17, 15) is 4.79 Å². The van der Waals surface area contributed by atoms with Crippen molar-refractivity contribution in [3.63, 3.8) is 0 Å². The lowest BCUT2D eigenvalue weighted by molar-refractivity contribution is -0.140. The Morgan fingerprint density at radius 1 is 1.56 bits per heavy atom. The Hall–Kier alpha value is -2.09. The number of carbonyl (C=O) groups excluding carboxylic acids is 1. The zero-order valence-corrected chi connectivity index (χ0v) is 9.06. The molecule has 0 unspecified atom stereocenters. The van der Waals surface area contributed by atoms with E-state index < -0.39 is 0 Å². The molecule has 0 amide bonds. The summed E-state index contributed by atoms with van der Waals surface area (Å²) in [6.45, 7) is 0.638. The Bertz CT molecular complexity index is 381. The maximum Gasteiger partial charge on any atom is 0.305 e. The van der Waals surface area contributed by atoms with E-state index in [2.05, 4.69) is 25.9 Å². The fraction of sp³-hybridized carbons (Fsp3) is 0.364. The lowest BCUT2D eigenvalue weighted by Crippen LogP contribution is -2.07. The van der Waals surface area contributed by atoms with Gasteiger partial charge in [0.2, 0.25) is 0 Å². The number of nitrogens with zero attached hydrogens (tertiary/aromatic N) is 2. The van der Waals surface area contributed by atoms with Crippen molar-refractivity contribution >= 4 is 11.8 Å². The number of hydrogen-bond donors (Lipinski definition) is 1. The van der Waals surface area contributed by atoms with Crippen molar-refractivity contribution in [1.29, 1.82) is 0 Å². The van der Waals surface area contributed by atoms with E-state index in [4.69, 9.17) is 6.42 Å². The summed E-state index contributed by atoms with van der Waals surface area (Å²) in [5.41, 5.74) is 0.500. The molecule has 0 atom stereocenters. The fourth-order valence-electron chi connectivity index (χ4n) is 1.05. The predicted molar refractivity (Wildman–Crippen MR) is 59.7 cm³/mol. The van der Waals surface area contributed by atoms with E-state index in [-0.39, 0.29) is 5.97 Å². The van der Waals surface area contributed by atoms with Crippen LogP contribution in [0.15, 0.2) is 12.4 Å². The van der Waals surface area contributed by atoms with E-state index >= 15 is 0 Å². The highest BCUT2D eigenvalue weighted by atomic mass is 16.5. The summed E-state index contributed by atoms with van der Waals surface area (Å²) < 4.78 is 4.52. The third-order valence-corrected chi connectivity index (χ3v) is 1.89. The molecule has 0 fully saturated rings. The summed E-state index contributed by atoms with van der Waals surface area (Å²) in [6, 6.07) is 0. The quantitative estimate of drug-likeness (QED) is 0.451. The van der Waals surface area contributed by atoms with Crippen LogP contribution in [0.3, 0.4) is 0 Å². The molecule has 0 aliphatic heterocycles.